The average molecular weight is 332 g/mol. The Labute approximate surface area is 141 Å². The summed E-state index contributed by atoms with van der Waals surface area (Å²) in [7, 11) is 0. The second-order valence-corrected chi connectivity index (χ2v) is 7.35. The van der Waals surface area contributed by atoms with Crippen LogP contribution in [0.15, 0.2) is 12.4 Å². The molecule has 1 saturated heterocycles. The van der Waals surface area contributed by atoms with E-state index in [0.717, 1.165) is 49.5 Å². The van der Waals surface area contributed by atoms with E-state index in [-0.39, 0.29) is 6.10 Å². The van der Waals surface area contributed by atoms with Gasteiger partial charge in [-0.15, -0.1) is 11.3 Å². The van der Waals surface area contributed by atoms with Crippen molar-refractivity contribution in [1.29, 1.82) is 0 Å². The molecule has 23 heavy (non-hydrogen) atoms. The van der Waals surface area contributed by atoms with Crippen LogP contribution in [0.2, 0.25) is 0 Å². The Morgan fingerprint density at radius 2 is 1.91 bits per heavy atom. The van der Waals surface area contributed by atoms with Crippen molar-refractivity contribution >= 4 is 11.3 Å². The first-order valence-electron chi connectivity index (χ1n) is 8.27. The molecule has 0 atom stereocenters. The van der Waals surface area contributed by atoms with Gasteiger partial charge in [0.1, 0.15) is 6.10 Å². The Morgan fingerprint density at radius 1 is 1.22 bits per heavy atom. The zero-order valence-corrected chi connectivity index (χ0v) is 14.9. The lowest BCUT2D eigenvalue weighted by Crippen LogP contribution is -2.38. The van der Waals surface area contributed by atoms with Crippen molar-refractivity contribution in [3.8, 4) is 6.01 Å². The summed E-state index contributed by atoms with van der Waals surface area (Å²) in [6.45, 7) is 9.38. The predicted molar refractivity (Wildman–Crippen MR) is 91.9 cm³/mol. The molecule has 0 aliphatic carbocycles. The number of rotatable bonds is 5. The topological polar surface area (TPSA) is 51.1 Å². The van der Waals surface area contributed by atoms with Crippen LogP contribution in [0.4, 0.5) is 0 Å². The molecule has 0 radical (unpaired) electrons. The molecule has 3 rings (SSSR count). The molecule has 6 heteroatoms. The van der Waals surface area contributed by atoms with E-state index < -0.39 is 0 Å². The molecular formula is C17H24N4OS. The van der Waals surface area contributed by atoms with Gasteiger partial charge in [-0.2, -0.15) is 0 Å². The van der Waals surface area contributed by atoms with Crippen molar-refractivity contribution in [1.82, 2.24) is 19.9 Å². The van der Waals surface area contributed by atoms with E-state index in [1.54, 1.807) is 0 Å². The predicted octanol–water partition coefficient (Wildman–Crippen LogP) is 3.16. The van der Waals surface area contributed by atoms with E-state index in [0.29, 0.717) is 6.01 Å². The molecule has 0 spiro atoms. The average Bonchev–Trinajstić information content (AvgIpc) is 2.87. The van der Waals surface area contributed by atoms with Crippen molar-refractivity contribution in [2.24, 2.45) is 0 Å². The van der Waals surface area contributed by atoms with Gasteiger partial charge in [-0.05, 0) is 38.7 Å². The third-order valence-corrected chi connectivity index (χ3v) is 5.32. The molecule has 0 saturated carbocycles. The van der Waals surface area contributed by atoms with E-state index >= 15 is 0 Å². The van der Waals surface area contributed by atoms with E-state index in [4.69, 9.17) is 4.74 Å². The van der Waals surface area contributed by atoms with Gasteiger partial charge in [0.05, 0.1) is 10.7 Å². The number of thiazole rings is 1. The van der Waals surface area contributed by atoms with Gasteiger partial charge in [-0.1, -0.05) is 6.92 Å². The van der Waals surface area contributed by atoms with Crippen LogP contribution < -0.4 is 4.74 Å². The molecule has 124 valence electrons. The standard InChI is InChI=1S/C17H24N4OS/c1-4-14-9-18-17(19-10-14)22-15-5-7-21(8-6-15)11-16-12(2)20-13(3)23-16/h9-10,15H,4-8,11H2,1-3H3. The number of hydrogen-bond acceptors (Lipinski definition) is 6. The fourth-order valence-corrected chi connectivity index (χ4v) is 3.82. The summed E-state index contributed by atoms with van der Waals surface area (Å²) in [5.41, 5.74) is 2.32. The summed E-state index contributed by atoms with van der Waals surface area (Å²) >= 11 is 1.81. The third-order valence-electron chi connectivity index (χ3n) is 4.26. The summed E-state index contributed by atoms with van der Waals surface area (Å²) in [5, 5.41) is 1.16. The zero-order valence-electron chi connectivity index (χ0n) is 14.1. The first-order valence-corrected chi connectivity index (χ1v) is 9.08. The highest BCUT2D eigenvalue weighted by atomic mass is 32.1. The van der Waals surface area contributed by atoms with Crippen LogP contribution in [0, 0.1) is 13.8 Å². The van der Waals surface area contributed by atoms with Gasteiger partial charge in [-0.25, -0.2) is 15.0 Å². The van der Waals surface area contributed by atoms with Crippen molar-refractivity contribution in [2.75, 3.05) is 13.1 Å². The lowest BCUT2D eigenvalue weighted by molar-refractivity contribution is 0.0896. The summed E-state index contributed by atoms with van der Waals surface area (Å²) < 4.78 is 5.92. The Kier molecular flexibility index (Phi) is 5.23. The minimum absolute atomic E-state index is 0.225. The fraction of sp³-hybridized carbons (Fsp3) is 0.588. The van der Waals surface area contributed by atoms with Crippen LogP contribution in [0.3, 0.4) is 0 Å². The maximum atomic E-state index is 5.92. The quantitative estimate of drug-likeness (QED) is 0.842. The van der Waals surface area contributed by atoms with Crippen LogP contribution in [-0.4, -0.2) is 39.0 Å². The summed E-state index contributed by atoms with van der Waals surface area (Å²) in [4.78, 5) is 17.0. The number of aromatic nitrogens is 3. The molecule has 0 bridgehead atoms. The SMILES string of the molecule is CCc1cnc(OC2CCN(Cc3sc(C)nc3C)CC2)nc1. The summed E-state index contributed by atoms with van der Waals surface area (Å²) in [6, 6.07) is 0.509. The summed E-state index contributed by atoms with van der Waals surface area (Å²) in [6.07, 6.45) is 6.93. The molecule has 1 fully saturated rings. The summed E-state index contributed by atoms with van der Waals surface area (Å²) in [5.74, 6) is 0. The lowest BCUT2D eigenvalue weighted by atomic mass is 10.1. The highest BCUT2D eigenvalue weighted by Crippen LogP contribution is 2.22. The third kappa shape index (κ3) is 4.26. The van der Waals surface area contributed by atoms with Crippen molar-refractivity contribution in [3.05, 3.63) is 33.5 Å². The number of piperidine rings is 1. The van der Waals surface area contributed by atoms with E-state index in [9.17, 15) is 0 Å². The molecule has 0 amide bonds. The Bertz CT molecular complexity index is 633. The van der Waals surface area contributed by atoms with Crippen LogP contribution >= 0.6 is 11.3 Å². The molecule has 1 aliphatic rings. The van der Waals surface area contributed by atoms with Crippen LogP contribution in [0.25, 0.3) is 0 Å². The molecule has 0 aromatic carbocycles. The second-order valence-electron chi connectivity index (χ2n) is 6.06. The lowest BCUT2D eigenvalue weighted by Gasteiger charge is -2.31. The van der Waals surface area contributed by atoms with Gasteiger partial charge in [0, 0.05) is 36.9 Å². The molecule has 2 aromatic rings. The Morgan fingerprint density at radius 3 is 2.48 bits per heavy atom. The van der Waals surface area contributed by atoms with Gasteiger partial charge >= 0.3 is 6.01 Å². The minimum atomic E-state index is 0.225. The minimum Gasteiger partial charge on any atom is -0.460 e. The molecular weight excluding hydrogens is 308 g/mol. The van der Waals surface area contributed by atoms with Crippen LogP contribution in [-0.2, 0) is 13.0 Å². The number of nitrogens with zero attached hydrogens (tertiary/aromatic N) is 4. The molecule has 5 nitrogen and oxygen atoms in total. The van der Waals surface area contributed by atoms with E-state index in [1.807, 2.05) is 23.7 Å². The second kappa shape index (κ2) is 7.36. The van der Waals surface area contributed by atoms with Crippen LogP contribution in [0.5, 0.6) is 6.01 Å². The first-order chi connectivity index (χ1) is 11.1. The molecule has 1 aliphatic heterocycles. The largest absolute Gasteiger partial charge is 0.460 e. The highest BCUT2D eigenvalue weighted by molar-refractivity contribution is 7.11. The maximum Gasteiger partial charge on any atom is 0.316 e. The van der Waals surface area contributed by atoms with E-state index in [1.165, 1.54) is 10.6 Å². The molecule has 3 heterocycles. The smallest absolute Gasteiger partial charge is 0.316 e. The Hall–Kier alpha value is -1.53. The number of aryl methyl sites for hydroxylation is 3. The normalized spacial score (nSPS) is 16.7. The van der Waals surface area contributed by atoms with Crippen molar-refractivity contribution in [3.63, 3.8) is 0 Å². The van der Waals surface area contributed by atoms with Crippen molar-refractivity contribution < 1.29 is 4.74 Å². The zero-order chi connectivity index (χ0) is 16.2. The molecule has 0 unspecified atom stereocenters. The first kappa shape index (κ1) is 16.3. The van der Waals surface area contributed by atoms with Gasteiger partial charge in [0.2, 0.25) is 0 Å². The molecule has 2 aromatic heterocycles. The molecule has 0 N–H and O–H groups in total. The van der Waals surface area contributed by atoms with Crippen molar-refractivity contribution in [2.45, 2.75) is 52.7 Å². The highest BCUT2D eigenvalue weighted by Gasteiger charge is 2.22. The van der Waals surface area contributed by atoms with Gasteiger partial charge in [-0.3, -0.25) is 4.90 Å². The number of ether oxygens (including phenoxy) is 1. The van der Waals surface area contributed by atoms with Crippen LogP contribution in [0.1, 0.15) is 40.9 Å². The van der Waals surface area contributed by atoms with E-state index in [2.05, 4.69) is 40.6 Å². The number of hydrogen-bond donors (Lipinski definition) is 0. The van der Waals surface area contributed by atoms with Gasteiger partial charge < -0.3 is 4.74 Å². The monoisotopic (exact) mass is 332 g/mol. The Balaban J connectivity index is 1.49. The maximum absolute atomic E-state index is 5.92. The number of likely N-dealkylation sites (tertiary alicyclic amines) is 1. The van der Waals surface area contributed by atoms with Gasteiger partial charge in [0.15, 0.2) is 0 Å². The fourth-order valence-electron chi connectivity index (χ4n) is 2.84. The van der Waals surface area contributed by atoms with Gasteiger partial charge in [0.25, 0.3) is 0 Å².